The van der Waals surface area contributed by atoms with Gasteiger partial charge in [0.15, 0.2) is 11.3 Å². The summed E-state index contributed by atoms with van der Waals surface area (Å²) in [5.74, 6) is -5.75. The molecule has 2 aromatic heterocycles. The van der Waals surface area contributed by atoms with E-state index in [4.69, 9.17) is 23.2 Å². The van der Waals surface area contributed by atoms with Gasteiger partial charge in [-0.3, -0.25) is 9.69 Å². The molecule has 0 radical (unpaired) electrons. The molecule has 0 atom stereocenters. The van der Waals surface area contributed by atoms with Gasteiger partial charge >= 0.3 is 12.1 Å². The molecular formula is C21H18Cl2F5N5O. The van der Waals surface area contributed by atoms with Gasteiger partial charge in [0.25, 0.3) is 5.91 Å². The number of nitrogens with zero attached hydrogens (tertiary/aromatic N) is 5. The lowest BCUT2D eigenvalue weighted by atomic mass is 10.2. The van der Waals surface area contributed by atoms with Crippen LogP contribution in [0.1, 0.15) is 27.4 Å². The highest BCUT2D eigenvalue weighted by molar-refractivity contribution is 6.35. The van der Waals surface area contributed by atoms with Crippen molar-refractivity contribution < 1.29 is 26.7 Å². The number of rotatable bonds is 4. The average Bonchev–Trinajstić information content (AvgIpc) is 3.18. The highest BCUT2D eigenvalue weighted by atomic mass is 35.5. The Morgan fingerprint density at radius 2 is 1.65 bits per heavy atom. The van der Waals surface area contributed by atoms with Crippen LogP contribution < -0.4 is 0 Å². The zero-order valence-corrected chi connectivity index (χ0v) is 19.2. The minimum absolute atomic E-state index is 0.0582. The predicted molar refractivity (Wildman–Crippen MR) is 115 cm³/mol. The number of fused-ring (bicyclic) bond motifs is 1. The van der Waals surface area contributed by atoms with Gasteiger partial charge in [0.05, 0.1) is 0 Å². The smallest absolute Gasteiger partial charge is 0.335 e. The topological polar surface area (TPSA) is 53.7 Å². The zero-order valence-electron chi connectivity index (χ0n) is 17.7. The second-order valence-electron chi connectivity index (χ2n) is 7.92. The van der Waals surface area contributed by atoms with Crippen LogP contribution in [0.25, 0.3) is 5.65 Å². The molecule has 6 nitrogen and oxygen atoms in total. The standard InChI is InChI=1S/C21H18Cl2F5N5O/c1-12-9-17(20(24,25)21(26,27)28)33-18(29-12)10-16(30-33)19(34)32-7-5-31(6-8-32)11-13-14(22)3-2-4-15(13)23/h2-4,9-10H,5-8,11H2,1H3. The fraction of sp³-hybridized carbons (Fsp3) is 0.381. The fourth-order valence-corrected chi connectivity index (χ4v) is 4.27. The Labute approximate surface area is 200 Å². The second-order valence-corrected chi connectivity index (χ2v) is 8.74. The molecule has 13 heteroatoms. The first-order valence-corrected chi connectivity index (χ1v) is 10.9. The molecule has 34 heavy (non-hydrogen) atoms. The molecule has 1 aliphatic rings. The van der Waals surface area contributed by atoms with E-state index in [2.05, 4.69) is 10.1 Å². The number of aryl methyl sites for hydroxylation is 1. The molecule has 0 saturated carbocycles. The molecule has 0 aliphatic carbocycles. The van der Waals surface area contributed by atoms with Crippen LogP contribution in [0, 0.1) is 6.92 Å². The van der Waals surface area contributed by atoms with E-state index in [9.17, 15) is 26.7 Å². The summed E-state index contributed by atoms with van der Waals surface area (Å²) < 4.78 is 67.5. The van der Waals surface area contributed by atoms with Crippen molar-refractivity contribution >= 4 is 34.8 Å². The van der Waals surface area contributed by atoms with Gasteiger partial charge in [-0.05, 0) is 25.1 Å². The van der Waals surface area contributed by atoms with E-state index in [1.165, 1.54) is 11.8 Å². The number of piperazine rings is 1. The molecular weight excluding hydrogens is 504 g/mol. The molecule has 1 fully saturated rings. The van der Waals surface area contributed by atoms with Gasteiger partial charge in [0.1, 0.15) is 5.69 Å². The Morgan fingerprint density at radius 3 is 2.24 bits per heavy atom. The Kier molecular flexibility index (Phi) is 6.47. The average molecular weight is 522 g/mol. The number of aromatic nitrogens is 3. The molecule has 0 spiro atoms. The SMILES string of the molecule is Cc1cc(C(F)(F)C(F)(F)F)n2nc(C(=O)N3CCN(Cc4c(Cl)cccc4Cl)CC3)cc2n1. The fourth-order valence-electron chi connectivity index (χ4n) is 3.75. The lowest BCUT2D eigenvalue weighted by Gasteiger charge is -2.34. The summed E-state index contributed by atoms with van der Waals surface area (Å²) in [5.41, 5.74) is -1.22. The van der Waals surface area contributed by atoms with Crippen molar-refractivity contribution in [1.29, 1.82) is 0 Å². The first kappa shape index (κ1) is 24.6. The van der Waals surface area contributed by atoms with E-state index in [1.807, 2.05) is 4.90 Å². The monoisotopic (exact) mass is 521 g/mol. The Hall–Kier alpha value is -2.50. The van der Waals surface area contributed by atoms with E-state index in [0.717, 1.165) is 11.6 Å². The number of halogens is 7. The minimum atomic E-state index is -5.83. The maximum absolute atomic E-state index is 14.1. The summed E-state index contributed by atoms with van der Waals surface area (Å²) in [4.78, 5) is 20.4. The van der Waals surface area contributed by atoms with Crippen molar-refractivity contribution in [3.63, 3.8) is 0 Å². The predicted octanol–water partition coefficient (Wildman–Crippen LogP) is 4.96. The van der Waals surface area contributed by atoms with E-state index >= 15 is 0 Å². The normalized spacial score (nSPS) is 15.8. The summed E-state index contributed by atoms with van der Waals surface area (Å²) in [6, 6.07) is 6.93. The van der Waals surface area contributed by atoms with Crippen molar-refractivity contribution in [3.05, 3.63) is 63.0 Å². The van der Waals surface area contributed by atoms with E-state index in [0.29, 0.717) is 53.4 Å². The Morgan fingerprint density at radius 1 is 1.03 bits per heavy atom. The lowest BCUT2D eigenvalue weighted by Crippen LogP contribution is -2.48. The molecule has 1 saturated heterocycles. The molecule has 3 aromatic rings. The first-order chi connectivity index (χ1) is 15.9. The van der Waals surface area contributed by atoms with Crippen molar-refractivity contribution in [3.8, 4) is 0 Å². The molecule has 182 valence electrons. The quantitative estimate of drug-likeness (QED) is 0.455. The summed E-state index contributed by atoms with van der Waals surface area (Å²) in [6.07, 6.45) is -5.83. The van der Waals surface area contributed by atoms with E-state index < -0.39 is 23.7 Å². The number of hydrogen-bond acceptors (Lipinski definition) is 4. The van der Waals surface area contributed by atoms with Crippen LogP contribution in [0.15, 0.2) is 30.3 Å². The van der Waals surface area contributed by atoms with Crippen molar-refractivity contribution in [1.82, 2.24) is 24.4 Å². The number of hydrogen-bond donors (Lipinski definition) is 0. The van der Waals surface area contributed by atoms with Crippen LogP contribution >= 0.6 is 23.2 Å². The largest absolute Gasteiger partial charge is 0.459 e. The number of carbonyl (C=O) groups excluding carboxylic acids is 1. The van der Waals surface area contributed by atoms with Crippen LogP contribution in [0.5, 0.6) is 0 Å². The number of amides is 1. The maximum atomic E-state index is 14.1. The van der Waals surface area contributed by atoms with Gasteiger partial charge in [0.2, 0.25) is 0 Å². The second kappa shape index (κ2) is 8.94. The van der Waals surface area contributed by atoms with Gasteiger partial charge in [-0.15, -0.1) is 0 Å². The van der Waals surface area contributed by atoms with Crippen molar-refractivity contribution in [2.24, 2.45) is 0 Å². The molecule has 3 heterocycles. The third-order valence-corrected chi connectivity index (χ3v) is 6.26. The third kappa shape index (κ3) is 4.56. The Balaban J connectivity index is 1.52. The molecule has 4 rings (SSSR count). The zero-order chi connectivity index (χ0) is 24.8. The van der Waals surface area contributed by atoms with Crippen LogP contribution in [0.2, 0.25) is 10.0 Å². The summed E-state index contributed by atoms with van der Waals surface area (Å²) in [6.45, 7) is 3.33. The van der Waals surface area contributed by atoms with Gasteiger partial charge < -0.3 is 4.90 Å². The molecule has 1 aliphatic heterocycles. The van der Waals surface area contributed by atoms with E-state index in [-0.39, 0.29) is 17.0 Å². The molecule has 0 bridgehead atoms. The van der Waals surface area contributed by atoms with Crippen LogP contribution in [0.3, 0.4) is 0 Å². The molecule has 1 amide bonds. The maximum Gasteiger partial charge on any atom is 0.459 e. The van der Waals surface area contributed by atoms with Crippen LogP contribution in [0.4, 0.5) is 22.0 Å². The van der Waals surface area contributed by atoms with Gasteiger partial charge in [-0.1, -0.05) is 29.3 Å². The minimum Gasteiger partial charge on any atom is -0.335 e. The van der Waals surface area contributed by atoms with Crippen LogP contribution in [-0.2, 0) is 12.5 Å². The number of alkyl halides is 5. The summed E-state index contributed by atoms with van der Waals surface area (Å²) in [7, 11) is 0. The van der Waals surface area contributed by atoms with Gasteiger partial charge in [0, 0.05) is 60.1 Å². The lowest BCUT2D eigenvalue weighted by molar-refractivity contribution is -0.291. The first-order valence-electron chi connectivity index (χ1n) is 10.2. The summed E-state index contributed by atoms with van der Waals surface area (Å²) >= 11 is 12.4. The van der Waals surface area contributed by atoms with Crippen molar-refractivity contribution in [2.45, 2.75) is 25.6 Å². The highest BCUT2D eigenvalue weighted by Gasteiger charge is 2.60. The number of benzene rings is 1. The number of carbonyl (C=O) groups is 1. The van der Waals surface area contributed by atoms with Crippen molar-refractivity contribution in [2.75, 3.05) is 26.2 Å². The van der Waals surface area contributed by atoms with Gasteiger partial charge in [-0.2, -0.15) is 27.1 Å². The third-order valence-electron chi connectivity index (χ3n) is 5.56. The van der Waals surface area contributed by atoms with E-state index in [1.54, 1.807) is 18.2 Å². The van der Waals surface area contributed by atoms with Gasteiger partial charge in [-0.25, -0.2) is 9.50 Å². The Bertz CT molecular complexity index is 1220. The highest BCUT2D eigenvalue weighted by Crippen LogP contribution is 2.43. The summed E-state index contributed by atoms with van der Waals surface area (Å²) in [5, 5.41) is 4.82. The molecule has 0 unspecified atom stereocenters. The molecule has 0 N–H and O–H groups in total. The molecule has 1 aromatic carbocycles. The van der Waals surface area contributed by atoms with Crippen LogP contribution in [-0.4, -0.2) is 62.7 Å².